The van der Waals surface area contributed by atoms with Gasteiger partial charge in [0.1, 0.15) is 16.6 Å². The maximum absolute atomic E-state index is 12.9. The van der Waals surface area contributed by atoms with E-state index in [9.17, 15) is 13.2 Å². The zero-order chi connectivity index (χ0) is 24.6. The monoisotopic (exact) mass is 494 g/mol. The third-order valence-corrected chi connectivity index (χ3v) is 7.28. The number of nitriles is 1. The highest BCUT2D eigenvalue weighted by Crippen LogP contribution is 2.39. The summed E-state index contributed by atoms with van der Waals surface area (Å²) in [7, 11) is 0. The van der Waals surface area contributed by atoms with Crippen molar-refractivity contribution in [2.45, 2.75) is 38.0 Å². The molecule has 1 aromatic carbocycles. The molecule has 1 fully saturated rings. The molecule has 0 saturated carbocycles. The fourth-order valence-electron chi connectivity index (χ4n) is 4.59. The van der Waals surface area contributed by atoms with Crippen molar-refractivity contribution in [1.82, 2.24) is 14.9 Å². The second-order valence-electron chi connectivity index (χ2n) is 8.76. The molecule has 1 aliphatic rings. The van der Waals surface area contributed by atoms with Gasteiger partial charge in [0.2, 0.25) is 5.69 Å². The summed E-state index contributed by atoms with van der Waals surface area (Å²) in [6.45, 7) is 10.0. The van der Waals surface area contributed by atoms with Crippen LogP contribution in [0.3, 0.4) is 0 Å². The molecule has 3 aromatic heterocycles. The maximum Gasteiger partial charge on any atom is 0.393 e. The van der Waals surface area contributed by atoms with E-state index in [1.54, 1.807) is 0 Å². The van der Waals surface area contributed by atoms with Crippen LogP contribution in [-0.2, 0) is 13.0 Å². The number of H-pyrrole nitrogens is 1. The van der Waals surface area contributed by atoms with E-state index in [4.69, 9.17) is 11.8 Å². The number of likely N-dealkylation sites (tertiary alicyclic amines) is 1. The number of piperidine rings is 1. The second-order valence-corrected chi connectivity index (χ2v) is 9.88. The molecule has 4 aromatic rings. The number of nitrogens with zero attached hydrogens (tertiary/aromatic N) is 4. The highest BCUT2D eigenvalue weighted by molar-refractivity contribution is 7.18. The SMILES string of the molecule is [C-]#[N+]c1cnc2sc(CC(F)(F)F)cc2c1NC1CCN(Cc2ccc3[nH]c(C#N)cc3c2)CC1. The number of anilines is 1. The van der Waals surface area contributed by atoms with Gasteiger partial charge in [0, 0.05) is 53.0 Å². The van der Waals surface area contributed by atoms with E-state index in [0.29, 0.717) is 27.3 Å². The number of hydrogen-bond donors (Lipinski definition) is 2. The Morgan fingerprint density at radius 1 is 1.26 bits per heavy atom. The Balaban J connectivity index is 1.26. The lowest BCUT2D eigenvalue weighted by atomic mass is 10.0. The minimum atomic E-state index is -4.28. The van der Waals surface area contributed by atoms with E-state index in [1.165, 1.54) is 17.8 Å². The number of nitrogens with one attached hydrogen (secondary N) is 2. The first-order valence-electron chi connectivity index (χ1n) is 11.2. The number of alkyl halides is 3. The van der Waals surface area contributed by atoms with E-state index in [-0.39, 0.29) is 10.9 Å². The standard InChI is InChI=1S/C25H21F3N6S/c1-30-22-13-31-24-20(10-19(35-24)11-25(26,27)28)23(22)33-17-4-6-34(7-5-17)14-15-2-3-21-16(8-15)9-18(12-29)32-21/h2-3,8-10,13,17,32H,4-7,11,14H2,(H,31,33). The number of pyridine rings is 1. The highest BCUT2D eigenvalue weighted by Gasteiger charge is 2.29. The van der Waals surface area contributed by atoms with Gasteiger partial charge in [-0.3, -0.25) is 9.88 Å². The van der Waals surface area contributed by atoms with E-state index < -0.39 is 12.6 Å². The normalized spacial score (nSPS) is 15.3. The summed E-state index contributed by atoms with van der Waals surface area (Å²) in [6, 6.07) is 11.8. The van der Waals surface area contributed by atoms with Gasteiger partial charge in [-0.15, -0.1) is 11.3 Å². The summed E-state index contributed by atoms with van der Waals surface area (Å²) in [6.07, 6.45) is -2.13. The van der Waals surface area contributed by atoms with Gasteiger partial charge in [0.05, 0.1) is 18.7 Å². The molecule has 0 aliphatic carbocycles. The third kappa shape index (κ3) is 5.09. The number of hydrogen-bond acceptors (Lipinski definition) is 5. The molecule has 178 valence electrons. The van der Waals surface area contributed by atoms with Crippen molar-refractivity contribution in [2.75, 3.05) is 18.4 Å². The lowest BCUT2D eigenvalue weighted by molar-refractivity contribution is -0.126. The van der Waals surface area contributed by atoms with Crippen molar-refractivity contribution >= 4 is 43.8 Å². The molecule has 35 heavy (non-hydrogen) atoms. The molecule has 0 radical (unpaired) electrons. The van der Waals surface area contributed by atoms with Gasteiger partial charge in [-0.25, -0.2) is 4.85 Å². The Morgan fingerprint density at radius 3 is 2.77 bits per heavy atom. The van der Waals surface area contributed by atoms with Crippen LogP contribution in [0.25, 0.3) is 26.0 Å². The Labute approximate surface area is 203 Å². The average Bonchev–Trinajstić information content (AvgIpc) is 3.42. The molecule has 1 saturated heterocycles. The maximum atomic E-state index is 12.9. The lowest BCUT2D eigenvalue weighted by Gasteiger charge is -2.33. The number of fused-ring (bicyclic) bond motifs is 2. The van der Waals surface area contributed by atoms with Crippen molar-refractivity contribution in [3.63, 3.8) is 0 Å². The molecule has 6 nitrogen and oxygen atoms in total. The number of thiophene rings is 1. The lowest BCUT2D eigenvalue weighted by Crippen LogP contribution is -2.38. The zero-order valence-electron chi connectivity index (χ0n) is 18.6. The fourth-order valence-corrected chi connectivity index (χ4v) is 5.63. The Bertz CT molecular complexity index is 1460. The molecule has 4 heterocycles. The van der Waals surface area contributed by atoms with E-state index in [2.05, 4.69) is 43.2 Å². The summed E-state index contributed by atoms with van der Waals surface area (Å²) in [4.78, 5) is 13.9. The van der Waals surface area contributed by atoms with Gasteiger partial charge < -0.3 is 10.3 Å². The van der Waals surface area contributed by atoms with Gasteiger partial charge in [-0.1, -0.05) is 6.07 Å². The van der Waals surface area contributed by atoms with Crippen molar-refractivity contribution in [2.24, 2.45) is 0 Å². The molecule has 5 rings (SSSR count). The Kier molecular flexibility index (Phi) is 6.10. The zero-order valence-corrected chi connectivity index (χ0v) is 19.4. The summed E-state index contributed by atoms with van der Waals surface area (Å²) >= 11 is 1.02. The summed E-state index contributed by atoms with van der Waals surface area (Å²) in [5, 5.41) is 14.1. The van der Waals surface area contributed by atoms with E-state index >= 15 is 0 Å². The van der Waals surface area contributed by atoms with Crippen molar-refractivity contribution in [3.8, 4) is 6.07 Å². The van der Waals surface area contributed by atoms with Crippen LogP contribution in [0.4, 0.5) is 24.5 Å². The first kappa shape index (κ1) is 23.2. The predicted octanol–water partition coefficient (Wildman–Crippen LogP) is 6.38. The quantitative estimate of drug-likeness (QED) is 0.316. The summed E-state index contributed by atoms with van der Waals surface area (Å²) < 4.78 is 38.6. The largest absolute Gasteiger partial charge is 0.393 e. The van der Waals surface area contributed by atoms with Crippen molar-refractivity contribution in [3.05, 3.63) is 64.1 Å². The fraction of sp³-hybridized carbons (Fsp3) is 0.320. The molecule has 0 spiro atoms. The van der Waals surface area contributed by atoms with Crippen molar-refractivity contribution in [1.29, 1.82) is 5.26 Å². The predicted molar refractivity (Wildman–Crippen MR) is 131 cm³/mol. The molecular weight excluding hydrogens is 473 g/mol. The van der Waals surface area contributed by atoms with Crippen LogP contribution in [0, 0.1) is 17.9 Å². The topological polar surface area (TPSA) is 72.1 Å². The smallest absolute Gasteiger partial charge is 0.390 e. The van der Waals surface area contributed by atoms with Gasteiger partial charge in [-0.05, 0) is 42.7 Å². The molecule has 10 heteroatoms. The van der Waals surface area contributed by atoms with Gasteiger partial charge in [0.25, 0.3) is 0 Å². The highest BCUT2D eigenvalue weighted by atomic mass is 32.1. The number of benzene rings is 1. The number of aromatic nitrogens is 2. The summed E-state index contributed by atoms with van der Waals surface area (Å²) in [5.41, 5.74) is 3.57. The molecule has 2 N–H and O–H groups in total. The van der Waals surface area contributed by atoms with Crippen LogP contribution in [-0.4, -0.2) is 40.2 Å². The number of rotatable bonds is 5. The third-order valence-electron chi connectivity index (χ3n) is 6.24. The molecular formula is C25H21F3N6S. The van der Waals surface area contributed by atoms with E-state index in [1.807, 2.05) is 12.1 Å². The molecule has 0 amide bonds. The van der Waals surface area contributed by atoms with Crippen LogP contribution in [0.1, 0.15) is 29.0 Å². The van der Waals surface area contributed by atoms with Crippen LogP contribution in [0.5, 0.6) is 0 Å². The molecule has 1 aliphatic heterocycles. The molecule has 0 atom stereocenters. The van der Waals surface area contributed by atoms with Crippen LogP contribution in [0.2, 0.25) is 0 Å². The first-order chi connectivity index (χ1) is 16.8. The molecule has 0 unspecified atom stereocenters. The van der Waals surface area contributed by atoms with Crippen molar-refractivity contribution < 1.29 is 13.2 Å². The first-order valence-corrected chi connectivity index (χ1v) is 12.0. The van der Waals surface area contributed by atoms with Gasteiger partial charge in [0.15, 0.2) is 0 Å². The number of halogens is 3. The van der Waals surface area contributed by atoms with Crippen LogP contribution < -0.4 is 5.32 Å². The van der Waals surface area contributed by atoms with Gasteiger partial charge in [-0.2, -0.15) is 18.4 Å². The van der Waals surface area contributed by atoms with E-state index in [0.717, 1.165) is 54.7 Å². The summed E-state index contributed by atoms with van der Waals surface area (Å²) in [5.74, 6) is 0. The second kappa shape index (κ2) is 9.21. The van der Waals surface area contributed by atoms with Crippen LogP contribution >= 0.6 is 11.3 Å². The minimum Gasteiger partial charge on any atom is -0.390 e. The van der Waals surface area contributed by atoms with Crippen LogP contribution in [0.15, 0.2) is 36.5 Å². The Morgan fingerprint density at radius 2 is 2.06 bits per heavy atom. The van der Waals surface area contributed by atoms with Gasteiger partial charge >= 0.3 is 6.18 Å². The number of aromatic amines is 1. The average molecular weight is 495 g/mol. The Hall–Kier alpha value is -3.60. The minimum absolute atomic E-state index is 0.119. The molecule has 0 bridgehead atoms.